The predicted octanol–water partition coefficient (Wildman–Crippen LogP) is 6.67. The Morgan fingerprint density at radius 2 is 1.67 bits per heavy atom. The van der Waals surface area contributed by atoms with E-state index in [0.717, 1.165) is 29.5 Å². The number of hydrogen-bond donors (Lipinski definition) is 0. The molecule has 1 nitrogen and oxygen atoms in total. The molecule has 0 amide bonds. The van der Waals surface area contributed by atoms with Crippen LogP contribution in [0, 0.1) is 17.1 Å². The smallest absolute Gasteiger partial charge is 0.131 e. The number of fused-ring (bicyclic) bond motifs is 3. The lowest BCUT2D eigenvalue weighted by Gasteiger charge is -2.08. The molecule has 1 aliphatic carbocycles. The van der Waals surface area contributed by atoms with Crippen LogP contribution in [0.2, 0.25) is 0 Å². The summed E-state index contributed by atoms with van der Waals surface area (Å²) in [5.41, 5.74) is 8.03. The van der Waals surface area contributed by atoms with Gasteiger partial charge in [-0.2, -0.15) is 5.26 Å². The van der Waals surface area contributed by atoms with Gasteiger partial charge in [-0.15, -0.1) is 0 Å². The summed E-state index contributed by atoms with van der Waals surface area (Å²) >= 11 is 0. The van der Waals surface area contributed by atoms with Crippen molar-refractivity contribution in [2.75, 3.05) is 0 Å². The van der Waals surface area contributed by atoms with Crippen molar-refractivity contribution in [2.24, 2.45) is 0 Å². The minimum absolute atomic E-state index is 0.210. The van der Waals surface area contributed by atoms with Crippen LogP contribution in [-0.2, 0) is 12.8 Å². The van der Waals surface area contributed by atoms with Crippen LogP contribution in [0.15, 0.2) is 54.6 Å². The molecule has 0 spiro atoms. The van der Waals surface area contributed by atoms with Crippen LogP contribution in [0.1, 0.15) is 48.4 Å². The van der Waals surface area contributed by atoms with Crippen LogP contribution in [0.25, 0.3) is 22.3 Å². The minimum atomic E-state index is -0.210. The van der Waals surface area contributed by atoms with E-state index in [0.29, 0.717) is 11.1 Å². The van der Waals surface area contributed by atoms with E-state index in [2.05, 4.69) is 31.2 Å². The Hall–Kier alpha value is -2.92. The topological polar surface area (TPSA) is 23.8 Å². The van der Waals surface area contributed by atoms with Gasteiger partial charge < -0.3 is 0 Å². The van der Waals surface area contributed by atoms with E-state index in [4.69, 9.17) is 5.26 Å². The molecule has 4 rings (SSSR count). The zero-order valence-corrected chi connectivity index (χ0v) is 15.6. The van der Waals surface area contributed by atoms with E-state index in [1.807, 2.05) is 18.2 Å². The van der Waals surface area contributed by atoms with Crippen molar-refractivity contribution in [2.45, 2.75) is 39.0 Å². The molecule has 0 atom stereocenters. The summed E-state index contributed by atoms with van der Waals surface area (Å²) in [5.74, 6) is -0.210. The van der Waals surface area contributed by atoms with Crippen LogP contribution in [0.3, 0.4) is 0 Å². The largest absolute Gasteiger partial charge is 0.206 e. The van der Waals surface area contributed by atoms with Gasteiger partial charge in [-0.1, -0.05) is 50.1 Å². The molecule has 0 bridgehead atoms. The molecule has 1 aliphatic rings. The van der Waals surface area contributed by atoms with Gasteiger partial charge >= 0.3 is 0 Å². The highest BCUT2D eigenvalue weighted by molar-refractivity contribution is 5.81. The third-order valence-corrected chi connectivity index (χ3v) is 5.43. The number of nitrogens with zero attached hydrogens (tertiary/aromatic N) is 1. The molecule has 0 aliphatic heterocycles. The third-order valence-electron chi connectivity index (χ3n) is 5.43. The van der Waals surface area contributed by atoms with Crippen molar-refractivity contribution in [1.29, 1.82) is 5.26 Å². The van der Waals surface area contributed by atoms with E-state index >= 15 is 0 Å². The fourth-order valence-corrected chi connectivity index (χ4v) is 3.96. The molecule has 0 N–H and O–H groups in total. The molecule has 0 radical (unpaired) electrons. The van der Waals surface area contributed by atoms with Crippen molar-refractivity contribution in [3.8, 4) is 28.3 Å². The van der Waals surface area contributed by atoms with Gasteiger partial charge in [0.2, 0.25) is 0 Å². The summed E-state index contributed by atoms with van der Waals surface area (Å²) in [6.07, 6.45) is 5.68. The zero-order chi connectivity index (χ0) is 18.8. The molecular formula is C25H22FN. The van der Waals surface area contributed by atoms with Gasteiger partial charge in [-0.25, -0.2) is 4.39 Å². The van der Waals surface area contributed by atoms with Crippen LogP contribution in [0.5, 0.6) is 0 Å². The minimum Gasteiger partial charge on any atom is -0.206 e. The molecule has 27 heavy (non-hydrogen) atoms. The van der Waals surface area contributed by atoms with Gasteiger partial charge in [0.25, 0.3) is 0 Å². The fourth-order valence-electron chi connectivity index (χ4n) is 3.96. The summed E-state index contributed by atoms with van der Waals surface area (Å²) in [6, 6.07) is 19.5. The first-order chi connectivity index (χ1) is 13.2. The normalized spacial score (nSPS) is 11.7. The Morgan fingerprint density at radius 3 is 2.41 bits per heavy atom. The van der Waals surface area contributed by atoms with Gasteiger partial charge in [-0.05, 0) is 76.9 Å². The number of aryl methyl sites for hydroxylation is 1. The number of nitriles is 1. The van der Waals surface area contributed by atoms with Gasteiger partial charge in [0.1, 0.15) is 5.82 Å². The zero-order valence-electron chi connectivity index (χ0n) is 15.6. The van der Waals surface area contributed by atoms with Crippen molar-refractivity contribution in [1.82, 2.24) is 0 Å². The Balaban J connectivity index is 1.65. The summed E-state index contributed by atoms with van der Waals surface area (Å²) in [4.78, 5) is 0. The van der Waals surface area contributed by atoms with Crippen LogP contribution in [-0.4, -0.2) is 0 Å². The second kappa shape index (κ2) is 7.37. The first-order valence-electron chi connectivity index (χ1n) is 9.64. The lowest BCUT2D eigenvalue weighted by molar-refractivity contribution is 0.631. The summed E-state index contributed by atoms with van der Waals surface area (Å²) in [7, 11) is 0. The highest BCUT2D eigenvalue weighted by Crippen LogP contribution is 2.40. The average molecular weight is 355 g/mol. The maximum Gasteiger partial charge on any atom is 0.131 e. The highest BCUT2D eigenvalue weighted by Gasteiger charge is 2.21. The second-order valence-corrected chi connectivity index (χ2v) is 7.30. The molecule has 3 aromatic carbocycles. The molecule has 3 aromatic rings. The molecule has 0 saturated carbocycles. The molecule has 0 saturated heterocycles. The summed E-state index contributed by atoms with van der Waals surface area (Å²) < 4.78 is 14.8. The number of halogens is 1. The van der Waals surface area contributed by atoms with E-state index < -0.39 is 0 Å². The first kappa shape index (κ1) is 17.5. The first-order valence-corrected chi connectivity index (χ1v) is 9.64. The third kappa shape index (κ3) is 3.38. The van der Waals surface area contributed by atoms with E-state index in [1.165, 1.54) is 36.0 Å². The Labute approximate surface area is 160 Å². The SMILES string of the molecule is CCCCCc1ccc2c(c1)Cc1cc(-c3ccc(C#N)cc3)c(F)cc1-2. The Bertz CT molecular complexity index is 1030. The predicted molar refractivity (Wildman–Crippen MR) is 108 cm³/mol. The van der Waals surface area contributed by atoms with Gasteiger partial charge in [0.05, 0.1) is 11.6 Å². The van der Waals surface area contributed by atoms with Gasteiger partial charge in [-0.3, -0.25) is 0 Å². The Kier molecular flexibility index (Phi) is 4.77. The quantitative estimate of drug-likeness (QED) is 0.367. The maximum absolute atomic E-state index is 14.8. The molecule has 134 valence electrons. The molecule has 0 aromatic heterocycles. The van der Waals surface area contributed by atoms with Gasteiger partial charge in [0, 0.05) is 5.56 Å². The molecule has 0 fully saturated rings. The number of benzene rings is 3. The van der Waals surface area contributed by atoms with E-state index in [-0.39, 0.29) is 5.82 Å². The lowest BCUT2D eigenvalue weighted by atomic mass is 9.97. The van der Waals surface area contributed by atoms with Crippen molar-refractivity contribution in [3.63, 3.8) is 0 Å². The Morgan fingerprint density at radius 1 is 0.889 bits per heavy atom. The number of unbranched alkanes of at least 4 members (excludes halogenated alkanes) is 2. The molecule has 0 heterocycles. The van der Waals surface area contributed by atoms with Crippen molar-refractivity contribution in [3.05, 3.63) is 82.7 Å². The summed E-state index contributed by atoms with van der Waals surface area (Å²) in [6.45, 7) is 2.22. The van der Waals surface area contributed by atoms with Gasteiger partial charge in [0.15, 0.2) is 0 Å². The molecule has 0 unspecified atom stereocenters. The van der Waals surface area contributed by atoms with Crippen LogP contribution in [0.4, 0.5) is 4.39 Å². The average Bonchev–Trinajstić information content (AvgIpc) is 3.04. The number of rotatable bonds is 5. The van der Waals surface area contributed by atoms with Crippen LogP contribution >= 0.6 is 0 Å². The maximum atomic E-state index is 14.8. The monoisotopic (exact) mass is 355 g/mol. The number of hydrogen-bond acceptors (Lipinski definition) is 1. The standard InChI is InChI=1S/C25H22FN/c1-2-3-4-5-17-8-11-22-20(12-17)13-21-14-24(25(26)15-23(21)22)19-9-6-18(16-27)7-10-19/h6-12,14-15H,2-5,13H2,1H3. The van der Waals surface area contributed by atoms with Crippen molar-refractivity contribution >= 4 is 0 Å². The van der Waals surface area contributed by atoms with Crippen LogP contribution < -0.4 is 0 Å². The molecule has 2 heteroatoms. The van der Waals surface area contributed by atoms with E-state index in [1.54, 1.807) is 18.2 Å². The second-order valence-electron chi connectivity index (χ2n) is 7.30. The fraction of sp³-hybridized carbons (Fsp3) is 0.240. The van der Waals surface area contributed by atoms with E-state index in [9.17, 15) is 4.39 Å². The lowest BCUT2D eigenvalue weighted by Crippen LogP contribution is -1.89. The molecular weight excluding hydrogens is 333 g/mol. The van der Waals surface area contributed by atoms with Crippen molar-refractivity contribution < 1.29 is 4.39 Å². The highest BCUT2D eigenvalue weighted by atomic mass is 19.1. The summed E-state index contributed by atoms with van der Waals surface area (Å²) in [5, 5.41) is 8.95.